The van der Waals surface area contributed by atoms with E-state index in [1.165, 1.54) is 117 Å². The number of carbonyl (C=O) groups is 2. The molecule has 2 unspecified atom stereocenters. The first-order valence-electron chi connectivity index (χ1n) is 21.8. The molecule has 310 valence electrons. The molecule has 0 aliphatic heterocycles. The van der Waals surface area contributed by atoms with Crippen molar-refractivity contribution in [2.75, 3.05) is 51.6 Å². The van der Waals surface area contributed by atoms with Crippen LogP contribution >= 0.6 is 0 Å². The van der Waals surface area contributed by atoms with Crippen molar-refractivity contribution in [3.63, 3.8) is 0 Å². The maximum Gasteiger partial charge on any atom is 0.302 e. The van der Waals surface area contributed by atoms with E-state index in [0.717, 1.165) is 75.6 Å². The molecule has 0 aromatic rings. The van der Waals surface area contributed by atoms with E-state index in [9.17, 15) is 22.6 Å². The normalized spacial score (nSPS) is 13.4. The number of unbranched alkanes of at least 4 members (excludes halogenated alkanes) is 18. The van der Waals surface area contributed by atoms with E-state index >= 15 is 0 Å². The molecule has 0 aliphatic carbocycles. The number of hydrogen-bond donors (Lipinski definition) is 0. The quantitative estimate of drug-likeness (QED) is 0.0265. The van der Waals surface area contributed by atoms with Crippen LogP contribution in [0.5, 0.6) is 0 Å². The number of esters is 2. The van der Waals surface area contributed by atoms with Gasteiger partial charge < -0.3 is 18.5 Å². The lowest BCUT2D eigenvalue weighted by molar-refractivity contribution is -0.925. The summed E-state index contributed by atoms with van der Waals surface area (Å²) in [6.45, 7) is 16.9. The van der Waals surface area contributed by atoms with Gasteiger partial charge >= 0.3 is 11.9 Å². The van der Waals surface area contributed by atoms with Crippen molar-refractivity contribution >= 4 is 22.1 Å². The Hall–Kier alpha value is -1.23. The molecule has 0 saturated carbocycles. The first kappa shape index (κ1) is 50.8. The van der Waals surface area contributed by atoms with Gasteiger partial charge in [-0.05, 0) is 39.5 Å². The molecule has 0 aromatic heterocycles. The van der Waals surface area contributed by atoms with Crippen molar-refractivity contribution in [1.82, 2.24) is 4.90 Å². The van der Waals surface area contributed by atoms with Crippen LogP contribution in [0.4, 0.5) is 0 Å². The second-order valence-electron chi connectivity index (χ2n) is 15.6. The number of nitrogens with zero attached hydrogens (tertiary/aromatic N) is 2. The van der Waals surface area contributed by atoms with E-state index in [1.807, 2.05) is 0 Å². The summed E-state index contributed by atoms with van der Waals surface area (Å²) in [4.78, 5) is 26.8. The zero-order valence-corrected chi connectivity index (χ0v) is 35.8. The number of hydrogen-bond acceptors (Lipinski definition) is 8. The number of carbonyl (C=O) groups excluding carboxylic acids is 2. The highest BCUT2D eigenvalue weighted by Crippen LogP contribution is 2.18. The lowest BCUT2D eigenvalue weighted by Crippen LogP contribution is -2.50. The van der Waals surface area contributed by atoms with Crippen LogP contribution in [0.2, 0.25) is 0 Å². The number of ether oxygens (including phenoxy) is 2. The van der Waals surface area contributed by atoms with Gasteiger partial charge in [-0.3, -0.25) is 14.5 Å². The van der Waals surface area contributed by atoms with Crippen LogP contribution in [0.15, 0.2) is 0 Å². The smallest absolute Gasteiger partial charge is 0.302 e. The van der Waals surface area contributed by atoms with Gasteiger partial charge in [0.15, 0.2) is 0 Å². The molecule has 9 nitrogen and oxygen atoms in total. The molecule has 0 aliphatic rings. The summed E-state index contributed by atoms with van der Waals surface area (Å²) >= 11 is 0. The molecule has 0 amide bonds. The van der Waals surface area contributed by atoms with Crippen molar-refractivity contribution in [3.05, 3.63) is 0 Å². The van der Waals surface area contributed by atoms with Gasteiger partial charge in [0.25, 0.3) is 0 Å². The SMILES string of the molecule is CCCCCCCCCCCCC(CN(CCC[N+](CC)(CC)CCCS(=O)(=O)[O-])CC(CCCCCCCCCCCC)OC(C)=O)OC(C)=O. The Morgan fingerprint density at radius 3 is 1.23 bits per heavy atom. The van der Waals surface area contributed by atoms with Crippen molar-refractivity contribution < 1.29 is 36.5 Å². The average Bonchev–Trinajstić information content (AvgIpc) is 3.08. The van der Waals surface area contributed by atoms with Gasteiger partial charge in [-0.15, -0.1) is 0 Å². The van der Waals surface area contributed by atoms with Gasteiger partial charge in [-0.25, -0.2) is 8.42 Å². The first-order chi connectivity index (χ1) is 24.9. The Kier molecular flexibility index (Phi) is 32.4. The first-order valence-corrected chi connectivity index (χ1v) is 23.3. The van der Waals surface area contributed by atoms with Crippen LogP contribution in [0.25, 0.3) is 0 Å². The predicted octanol–water partition coefficient (Wildman–Crippen LogP) is 9.96. The minimum atomic E-state index is -4.23. The van der Waals surface area contributed by atoms with E-state index in [0.29, 0.717) is 26.1 Å². The van der Waals surface area contributed by atoms with Crippen LogP contribution in [0, 0.1) is 0 Å². The Morgan fingerprint density at radius 2 is 0.904 bits per heavy atom. The Balaban J connectivity index is 5.44. The maximum atomic E-state index is 12.2. The minimum Gasteiger partial charge on any atom is -0.748 e. The zero-order chi connectivity index (χ0) is 38.9. The Labute approximate surface area is 322 Å². The average molecular weight is 761 g/mol. The summed E-state index contributed by atoms with van der Waals surface area (Å²) in [7, 11) is -4.23. The van der Waals surface area contributed by atoms with Crippen LogP contribution in [0.1, 0.15) is 196 Å². The summed E-state index contributed by atoms with van der Waals surface area (Å²) in [5, 5.41) is 0. The molecule has 0 fully saturated rings. The summed E-state index contributed by atoms with van der Waals surface area (Å²) < 4.78 is 46.4. The third-order valence-electron chi connectivity index (χ3n) is 10.8. The number of quaternary nitrogens is 1. The minimum absolute atomic E-state index is 0.222. The molecule has 0 spiro atoms. The molecule has 0 saturated heterocycles. The van der Waals surface area contributed by atoms with Gasteiger partial charge in [-0.1, -0.05) is 129 Å². The van der Waals surface area contributed by atoms with Crippen LogP contribution in [-0.2, 0) is 29.2 Å². The van der Waals surface area contributed by atoms with Crippen molar-refractivity contribution in [2.24, 2.45) is 0 Å². The van der Waals surface area contributed by atoms with E-state index in [4.69, 9.17) is 9.47 Å². The predicted molar refractivity (Wildman–Crippen MR) is 215 cm³/mol. The van der Waals surface area contributed by atoms with Gasteiger partial charge in [0.2, 0.25) is 0 Å². The standard InChI is InChI=1S/C42H84N2O7S/c1-7-11-13-15-17-19-21-23-25-27-31-41(50-39(5)45)37-43(33-29-34-44(9-3,10-4)35-30-36-52(47,48)49)38-42(51-40(6)46)32-28-26-24-22-20-18-16-14-12-8-2/h41-42H,7-38H2,1-6H3. The lowest BCUT2D eigenvalue weighted by atomic mass is 10.0. The molecule has 10 heteroatoms. The molecule has 0 N–H and O–H groups in total. The van der Waals surface area contributed by atoms with Crippen LogP contribution in [0.3, 0.4) is 0 Å². The van der Waals surface area contributed by atoms with E-state index < -0.39 is 10.1 Å². The molecule has 52 heavy (non-hydrogen) atoms. The van der Waals surface area contributed by atoms with Crippen molar-refractivity contribution in [3.8, 4) is 0 Å². The molecule has 0 rings (SSSR count). The molecule has 0 radical (unpaired) electrons. The van der Waals surface area contributed by atoms with Gasteiger partial charge in [-0.2, -0.15) is 0 Å². The monoisotopic (exact) mass is 761 g/mol. The second kappa shape index (κ2) is 33.1. The summed E-state index contributed by atoms with van der Waals surface area (Å²) in [5.74, 6) is -0.856. The third kappa shape index (κ3) is 31.2. The highest BCUT2D eigenvalue weighted by Gasteiger charge is 2.26. The highest BCUT2D eigenvalue weighted by atomic mass is 32.2. The summed E-state index contributed by atoms with van der Waals surface area (Å²) in [6, 6.07) is 0. The van der Waals surface area contributed by atoms with E-state index in [1.54, 1.807) is 0 Å². The summed E-state index contributed by atoms with van der Waals surface area (Å²) in [6.07, 6.45) is 27.5. The van der Waals surface area contributed by atoms with E-state index in [-0.39, 0.29) is 29.9 Å². The fourth-order valence-corrected chi connectivity index (χ4v) is 8.05. The Bertz CT molecular complexity index is 912. The lowest BCUT2D eigenvalue weighted by Gasteiger charge is -2.38. The molecule has 0 heterocycles. The molecular weight excluding hydrogens is 677 g/mol. The fourth-order valence-electron chi connectivity index (χ4n) is 7.57. The fraction of sp³-hybridized carbons (Fsp3) is 0.952. The van der Waals surface area contributed by atoms with Crippen LogP contribution < -0.4 is 0 Å². The second-order valence-corrected chi connectivity index (χ2v) is 17.1. The topological polar surface area (TPSA) is 113 Å². The summed E-state index contributed by atoms with van der Waals surface area (Å²) in [5.41, 5.74) is 0. The van der Waals surface area contributed by atoms with Gasteiger partial charge in [0.1, 0.15) is 12.2 Å². The number of rotatable bonds is 38. The highest BCUT2D eigenvalue weighted by molar-refractivity contribution is 7.85. The zero-order valence-electron chi connectivity index (χ0n) is 34.9. The van der Waals surface area contributed by atoms with E-state index in [2.05, 4.69) is 32.6 Å². The van der Waals surface area contributed by atoms with Crippen molar-refractivity contribution in [1.29, 1.82) is 0 Å². The maximum absolute atomic E-state index is 12.2. The largest absolute Gasteiger partial charge is 0.748 e. The molecule has 0 aromatic carbocycles. The molecule has 0 bridgehead atoms. The van der Waals surface area contributed by atoms with Gasteiger partial charge in [0, 0.05) is 52.1 Å². The van der Waals surface area contributed by atoms with Crippen molar-refractivity contribution in [2.45, 2.75) is 208 Å². The molecular formula is C42H84N2O7S. The molecule has 2 atom stereocenters. The van der Waals surface area contributed by atoms with Crippen LogP contribution in [-0.4, -0.2) is 98.1 Å². The Morgan fingerprint density at radius 1 is 0.558 bits per heavy atom. The third-order valence-corrected chi connectivity index (χ3v) is 11.6. The van der Waals surface area contributed by atoms with Gasteiger partial charge in [0.05, 0.1) is 36.3 Å².